The summed E-state index contributed by atoms with van der Waals surface area (Å²) in [6.45, 7) is 5.30. The fraction of sp³-hybridized carbons (Fsp3) is 0.160. The minimum atomic E-state index is -4.01. The number of hydrogen-bond donors (Lipinski definition) is 4. The first-order chi connectivity index (χ1) is 17.5. The van der Waals surface area contributed by atoms with E-state index in [2.05, 4.69) is 21.3 Å². The molecule has 0 aliphatic heterocycles. The van der Waals surface area contributed by atoms with Gasteiger partial charge in [0, 0.05) is 11.4 Å². The van der Waals surface area contributed by atoms with Gasteiger partial charge in [0.1, 0.15) is 0 Å². The van der Waals surface area contributed by atoms with Crippen molar-refractivity contribution in [3.8, 4) is 0 Å². The number of ether oxygens (including phenoxy) is 1. The Hall–Kier alpha value is -3.87. The van der Waals surface area contributed by atoms with E-state index in [1.54, 1.807) is 49.4 Å². The van der Waals surface area contributed by atoms with Gasteiger partial charge in [-0.25, -0.2) is 21.6 Å². The van der Waals surface area contributed by atoms with Gasteiger partial charge in [-0.05, 0) is 55.0 Å². The van der Waals surface area contributed by atoms with E-state index in [1.165, 1.54) is 36.4 Å². The van der Waals surface area contributed by atoms with Gasteiger partial charge in [-0.3, -0.25) is 9.52 Å². The third-order valence-electron chi connectivity index (χ3n) is 5.02. The highest BCUT2D eigenvalue weighted by molar-refractivity contribution is 7.92. The summed E-state index contributed by atoms with van der Waals surface area (Å²) in [5.41, 5.74) is 6.51. The molecule has 10 nitrogen and oxygen atoms in total. The maximum Gasteiger partial charge on any atom is 0.307 e. The zero-order valence-corrected chi connectivity index (χ0v) is 21.7. The smallest absolute Gasteiger partial charge is 0.307 e. The van der Waals surface area contributed by atoms with Crippen LogP contribution in [0.1, 0.15) is 24.9 Å². The number of anilines is 2. The zero-order valence-electron chi connectivity index (χ0n) is 20.0. The molecule has 1 atom stereocenters. The first kappa shape index (κ1) is 27.7. The number of nitrogens with one attached hydrogen (secondary N) is 3. The normalized spacial score (nSPS) is 12.4. The Balaban J connectivity index is 1.91. The van der Waals surface area contributed by atoms with Gasteiger partial charge < -0.3 is 15.8 Å². The Morgan fingerprint density at radius 1 is 0.892 bits per heavy atom. The number of esters is 1. The highest BCUT2D eigenvalue weighted by Crippen LogP contribution is 2.26. The molecule has 0 bridgehead atoms. The molecule has 196 valence electrons. The molecule has 0 saturated carbocycles. The summed E-state index contributed by atoms with van der Waals surface area (Å²) in [7, 11) is -8.01. The van der Waals surface area contributed by atoms with E-state index in [1.807, 2.05) is 0 Å². The third kappa shape index (κ3) is 7.81. The highest BCUT2D eigenvalue weighted by atomic mass is 32.2. The second-order valence-electron chi connectivity index (χ2n) is 7.91. The molecule has 0 aliphatic rings. The van der Waals surface area contributed by atoms with Crippen LogP contribution in [-0.2, 0) is 29.6 Å². The summed E-state index contributed by atoms with van der Waals surface area (Å²) >= 11 is 0. The Morgan fingerprint density at radius 2 is 1.54 bits per heavy atom. The summed E-state index contributed by atoms with van der Waals surface area (Å²) in [6, 6.07) is 18.8. The minimum absolute atomic E-state index is 0.0226. The summed E-state index contributed by atoms with van der Waals surface area (Å²) in [5.74, 6) is -0.458. The topological polar surface area (TPSA) is 157 Å². The fourth-order valence-corrected chi connectivity index (χ4v) is 5.77. The van der Waals surface area contributed by atoms with E-state index >= 15 is 0 Å². The van der Waals surface area contributed by atoms with Crippen molar-refractivity contribution in [2.24, 2.45) is 5.73 Å². The Kier molecular flexibility index (Phi) is 8.92. The van der Waals surface area contributed by atoms with Crippen molar-refractivity contribution < 1.29 is 26.4 Å². The van der Waals surface area contributed by atoms with E-state index in [4.69, 9.17) is 10.5 Å². The fourth-order valence-electron chi connectivity index (χ4n) is 3.43. The first-order valence-corrected chi connectivity index (χ1v) is 14.1. The number of hydrogen-bond acceptors (Lipinski definition) is 8. The quantitative estimate of drug-likeness (QED) is 0.253. The van der Waals surface area contributed by atoms with Crippen LogP contribution in [0.2, 0.25) is 0 Å². The van der Waals surface area contributed by atoms with Gasteiger partial charge in [-0.15, -0.1) is 0 Å². The molecule has 0 heterocycles. The van der Waals surface area contributed by atoms with Crippen molar-refractivity contribution in [1.82, 2.24) is 4.72 Å². The van der Waals surface area contributed by atoms with Crippen LogP contribution in [0.25, 0.3) is 0 Å². The van der Waals surface area contributed by atoms with Crippen LogP contribution < -0.4 is 20.5 Å². The van der Waals surface area contributed by atoms with Gasteiger partial charge in [0.15, 0.2) is 0 Å². The van der Waals surface area contributed by atoms with Crippen LogP contribution in [-0.4, -0.2) is 29.4 Å². The number of rotatable bonds is 12. The Morgan fingerprint density at radius 3 is 2.22 bits per heavy atom. The lowest BCUT2D eigenvalue weighted by Crippen LogP contribution is -2.31. The SMILES string of the molecule is C=C(N)Nc1cccc(S(=O)(=O)Nc2cccc(C(CC(=O)OCC)NS(=O)(=O)c3ccccc3)c2)c1. The summed E-state index contributed by atoms with van der Waals surface area (Å²) in [5, 5.41) is 2.75. The predicted octanol–water partition coefficient (Wildman–Crippen LogP) is 3.30. The maximum atomic E-state index is 13.0. The predicted molar refractivity (Wildman–Crippen MR) is 141 cm³/mol. The van der Waals surface area contributed by atoms with Crippen molar-refractivity contribution in [3.63, 3.8) is 0 Å². The number of carbonyl (C=O) groups is 1. The molecule has 0 radical (unpaired) electrons. The monoisotopic (exact) mass is 544 g/mol. The minimum Gasteiger partial charge on any atom is -0.466 e. The second-order valence-corrected chi connectivity index (χ2v) is 11.3. The van der Waals surface area contributed by atoms with Crippen LogP contribution in [0.4, 0.5) is 11.4 Å². The van der Waals surface area contributed by atoms with Crippen LogP contribution in [0.3, 0.4) is 0 Å². The molecular weight excluding hydrogens is 516 g/mol. The Bertz CT molecular complexity index is 1480. The Labute approximate surface area is 216 Å². The van der Waals surface area contributed by atoms with Crippen molar-refractivity contribution in [1.29, 1.82) is 0 Å². The number of carbonyl (C=O) groups excluding carboxylic acids is 1. The molecule has 37 heavy (non-hydrogen) atoms. The van der Waals surface area contributed by atoms with E-state index in [-0.39, 0.29) is 34.3 Å². The lowest BCUT2D eigenvalue weighted by molar-refractivity contribution is -0.143. The van der Waals surface area contributed by atoms with Crippen molar-refractivity contribution >= 4 is 37.4 Å². The van der Waals surface area contributed by atoms with E-state index in [9.17, 15) is 21.6 Å². The molecule has 0 fully saturated rings. The average molecular weight is 545 g/mol. The lowest BCUT2D eigenvalue weighted by Gasteiger charge is -2.20. The average Bonchev–Trinajstić information content (AvgIpc) is 2.84. The van der Waals surface area contributed by atoms with Gasteiger partial charge in [0.25, 0.3) is 10.0 Å². The standard InChI is InChI=1S/C25H28N4O6S2/c1-3-35-25(30)17-24(29-36(31,32)22-12-5-4-6-13-22)19-9-7-11-21(15-19)28-37(33,34)23-14-8-10-20(16-23)27-18(2)26/h4-16,24,27-29H,2-3,17,26H2,1H3. The molecule has 12 heteroatoms. The van der Waals surface area contributed by atoms with Gasteiger partial charge in [0.2, 0.25) is 10.0 Å². The molecule has 1 unspecified atom stereocenters. The van der Waals surface area contributed by atoms with Crippen LogP contribution >= 0.6 is 0 Å². The van der Waals surface area contributed by atoms with Gasteiger partial charge >= 0.3 is 5.97 Å². The summed E-state index contributed by atoms with van der Waals surface area (Å²) < 4.78 is 62.0. The molecule has 3 aromatic carbocycles. The van der Waals surface area contributed by atoms with E-state index in [0.717, 1.165) is 0 Å². The maximum absolute atomic E-state index is 13.0. The molecule has 0 saturated heterocycles. The lowest BCUT2D eigenvalue weighted by atomic mass is 10.0. The molecule has 3 aromatic rings. The van der Waals surface area contributed by atoms with Crippen molar-refractivity contribution in [2.45, 2.75) is 29.2 Å². The molecule has 5 N–H and O–H groups in total. The largest absolute Gasteiger partial charge is 0.466 e. The molecule has 0 spiro atoms. The first-order valence-electron chi connectivity index (χ1n) is 11.2. The molecule has 0 aromatic heterocycles. The molecule has 0 amide bonds. The molecule has 3 rings (SSSR count). The van der Waals surface area contributed by atoms with Crippen LogP contribution in [0, 0.1) is 0 Å². The van der Waals surface area contributed by atoms with E-state index < -0.39 is 32.1 Å². The molecular formula is C25H28N4O6S2. The summed E-state index contributed by atoms with van der Waals surface area (Å²) in [4.78, 5) is 12.3. The van der Waals surface area contributed by atoms with Gasteiger partial charge in [-0.2, -0.15) is 0 Å². The number of nitrogens with two attached hydrogens (primary N) is 1. The van der Waals surface area contributed by atoms with Crippen LogP contribution in [0.5, 0.6) is 0 Å². The van der Waals surface area contributed by atoms with Crippen molar-refractivity contribution in [3.05, 3.63) is 96.8 Å². The third-order valence-corrected chi connectivity index (χ3v) is 7.88. The zero-order chi connectivity index (χ0) is 27.1. The second kappa shape index (κ2) is 11.9. The van der Waals surface area contributed by atoms with Crippen molar-refractivity contribution in [2.75, 3.05) is 16.6 Å². The number of sulfonamides is 2. The van der Waals surface area contributed by atoms with E-state index in [0.29, 0.717) is 11.3 Å². The van der Waals surface area contributed by atoms with Gasteiger partial charge in [0.05, 0.1) is 34.7 Å². The van der Waals surface area contributed by atoms with Gasteiger partial charge in [-0.1, -0.05) is 43.0 Å². The summed E-state index contributed by atoms with van der Waals surface area (Å²) in [6.07, 6.45) is -0.299. The molecule has 0 aliphatic carbocycles. The highest BCUT2D eigenvalue weighted by Gasteiger charge is 2.25. The van der Waals surface area contributed by atoms with Crippen LogP contribution in [0.15, 0.2) is 101 Å². The number of benzene rings is 3.